The van der Waals surface area contributed by atoms with Crippen molar-refractivity contribution in [2.24, 2.45) is 5.92 Å². The summed E-state index contributed by atoms with van der Waals surface area (Å²) in [5.41, 5.74) is 0. The summed E-state index contributed by atoms with van der Waals surface area (Å²) >= 11 is 0. The first-order chi connectivity index (χ1) is 5.92. The first-order valence-electron chi connectivity index (χ1n) is 4.51. The molecule has 0 aromatic rings. The molecule has 2 aliphatic rings. The van der Waals surface area contributed by atoms with E-state index in [1.54, 1.807) is 0 Å². The van der Waals surface area contributed by atoms with Gasteiger partial charge in [-0.1, -0.05) is 30.4 Å². The summed E-state index contributed by atoms with van der Waals surface area (Å²) in [5.74, 6) is 0.576. The summed E-state index contributed by atoms with van der Waals surface area (Å²) in [7, 11) is 0. The fourth-order valence-electron chi connectivity index (χ4n) is 1.67. The molecule has 0 spiro atoms. The van der Waals surface area contributed by atoms with Gasteiger partial charge in [0.2, 0.25) is 0 Å². The van der Waals surface area contributed by atoms with Crippen LogP contribution < -0.4 is 0 Å². The Bertz CT molecular complexity index is 227. The first-order valence-corrected chi connectivity index (χ1v) is 4.51. The number of epoxide rings is 1. The lowest BCUT2D eigenvalue weighted by Gasteiger charge is -2.03. The average Bonchev–Trinajstić information content (AvgIpc) is 2.89. The molecule has 12 heavy (non-hydrogen) atoms. The van der Waals surface area contributed by atoms with Crippen LogP contribution in [-0.2, 0) is 4.74 Å². The molecule has 0 aromatic carbocycles. The van der Waals surface area contributed by atoms with Crippen molar-refractivity contribution in [1.82, 2.24) is 0 Å². The molecule has 1 heterocycles. The van der Waals surface area contributed by atoms with Crippen LogP contribution in [0.5, 0.6) is 0 Å². The molecule has 0 bridgehead atoms. The van der Waals surface area contributed by atoms with Gasteiger partial charge in [0.25, 0.3) is 0 Å². The van der Waals surface area contributed by atoms with E-state index in [2.05, 4.69) is 30.9 Å². The number of hydrogen-bond donors (Lipinski definition) is 0. The summed E-state index contributed by atoms with van der Waals surface area (Å²) in [6.07, 6.45) is 13.7. The van der Waals surface area contributed by atoms with Crippen LogP contribution in [0.1, 0.15) is 12.8 Å². The molecule has 0 unspecified atom stereocenters. The van der Waals surface area contributed by atoms with Crippen LogP contribution in [0.2, 0.25) is 0 Å². The Labute approximate surface area is 73.4 Å². The first kappa shape index (κ1) is 7.81. The molecule has 1 heteroatoms. The molecule has 64 valence electrons. The van der Waals surface area contributed by atoms with Gasteiger partial charge in [0.15, 0.2) is 0 Å². The van der Waals surface area contributed by atoms with Crippen molar-refractivity contribution < 1.29 is 4.74 Å². The summed E-state index contributed by atoms with van der Waals surface area (Å²) in [6, 6.07) is 0. The minimum absolute atomic E-state index is 0.311. The molecule has 0 aromatic heterocycles. The second-order valence-electron chi connectivity index (χ2n) is 3.34. The molecule has 1 fully saturated rings. The zero-order chi connectivity index (χ0) is 8.39. The lowest BCUT2D eigenvalue weighted by Crippen LogP contribution is -2.05. The molecule has 1 aliphatic carbocycles. The topological polar surface area (TPSA) is 12.5 Å². The Morgan fingerprint density at radius 3 is 3.00 bits per heavy atom. The smallest absolute Gasteiger partial charge is 0.103 e. The Morgan fingerprint density at radius 1 is 1.33 bits per heavy atom. The summed E-state index contributed by atoms with van der Waals surface area (Å²) in [4.78, 5) is 0. The second-order valence-corrected chi connectivity index (χ2v) is 3.34. The lowest BCUT2D eigenvalue weighted by atomic mass is 9.99. The minimum Gasteiger partial charge on any atom is -0.365 e. The van der Waals surface area contributed by atoms with Crippen LogP contribution >= 0.6 is 0 Å². The zero-order valence-corrected chi connectivity index (χ0v) is 7.15. The molecule has 3 atom stereocenters. The normalized spacial score (nSPS) is 39.2. The van der Waals surface area contributed by atoms with E-state index >= 15 is 0 Å². The van der Waals surface area contributed by atoms with Crippen LogP contribution in [-0.4, -0.2) is 12.2 Å². The number of hydrogen-bond acceptors (Lipinski definition) is 1. The fourth-order valence-corrected chi connectivity index (χ4v) is 1.67. The molecular weight excluding hydrogens is 148 g/mol. The Balaban J connectivity index is 1.95. The van der Waals surface area contributed by atoms with E-state index in [4.69, 9.17) is 4.74 Å². The predicted octanol–water partition coefficient (Wildman–Crippen LogP) is 2.46. The summed E-state index contributed by atoms with van der Waals surface area (Å²) < 4.78 is 5.46. The number of allylic oxidation sites excluding steroid dienone is 3. The van der Waals surface area contributed by atoms with E-state index < -0.39 is 0 Å². The van der Waals surface area contributed by atoms with Crippen molar-refractivity contribution in [2.75, 3.05) is 0 Å². The van der Waals surface area contributed by atoms with Crippen molar-refractivity contribution in [3.63, 3.8) is 0 Å². The third-order valence-electron chi connectivity index (χ3n) is 2.45. The second kappa shape index (κ2) is 3.28. The highest BCUT2D eigenvalue weighted by atomic mass is 16.6. The third kappa shape index (κ3) is 1.51. The van der Waals surface area contributed by atoms with E-state index in [9.17, 15) is 0 Å². The molecule has 0 amide bonds. The van der Waals surface area contributed by atoms with Crippen molar-refractivity contribution in [3.8, 4) is 0 Å². The molecule has 1 nitrogen and oxygen atoms in total. The Kier molecular flexibility index (Phi) is 2.13. The Morgan fingerprint density at radius 2 is 2.25 bits per heavy atom. The van der Waals surface area contributed by atoms with E-state index in [0.717, 1.165) is 12.8 Å². The maximum Gasteiger partial charge on any atom is 0.103 e. The summed E-state index contributed by atoms with van der Waals surface area (Å²) in [5, 5.41) is 0. The van der Waals surface area contributed by atoms with Gasteiger partial charge in [0, 0.05) is 5.92 Å². The maximum absolute atomic E-state index is 5.46. The average molecular weight is 162 g/mol. The molecular formula is C11H14O. The zero-order valence-electron chi connectivity index (χ0n) is 7.15. The number of rotatable bonds is 2. The van der Waals surface area contributed by atoms with Gasteiger partial charge in [-0.2, -0.15) is 0 Å². The quantitative estimate of drug-likeness (QED) is 0.449. The van der Waals surface area contributed by atoms with Crippen LogP contribution in [0, 0.1) is 5.92 Å². The van der Waals surface area contributed by atoms with Gasteiger partial charge in [-0.3, -0.25) is 0 Å². The SMILES string of the molecule is C=C[C@@H]1O[C@@H]1[C@H]1C=CCC=CC1. The van der Waals surface area contributed by atoms with Gasteiger partial charge in [-0.05, 0) is 12.8 Å². The van der Waals surface area contributed by atoms with Gasteiger partial charge < -0.3 is 4.74 Å². The molecule has 0 radical (unpaired) electrons. The standard InChI is InChI=1S/C11H14O/c1-2-10-11(12-10)9-7-5-3-4-6-8-9/h2-3,5-6,8-11H,1,4,7H2/t9-,10+,11-/m1/s1. The van der Waals surface area contributed by atoms with E-state index in [-0.39, 0.29) is 0 Å². The molecule has 1 aliphatic heterocycles. The molecule has 1 saturated heterocycles. The maximum atomic E-state index is 5.46. The predicted molar refractivity (Wildman–Crippen MR) is 49.9 cm³/mol. The summed E-state index contributed by atoms with van der Waals surface area (Å²) in [6.45, 7) is 3.72. The van der Waals surface area contributed by atoms with E-state index in [0.29, 0.717) is 18.1 Å². The highest BCUT2D eigenvalue weighted by molar-refractivity contribution is 5.11. The molecule has 2 rings (SSSR count). The molecule has 0 N–H and O–H groups in total. The monoisotopic (exact) mass is 162 g/mol. The van der Waals surface area contributed by atoms with Crippen LogP contribution in [0.3, 0.4) is 0 Å². The van der Waals surface area contributed by atoms with Crippen molar-refractivity contribution in [2.45, 2.75) is 25.0 Å². The number of ether oxygens (including phenoxy) is 1. The largest absolute Gasteiger partial charge is 0.365 e. The minimum atomic E-state index is 0.311. The highest BCUT2D eigenvalue weighted by Gasteiger charge is 2.40. The van der Waals surface area contributed by atoms with Crippen molar-refractivity contribution in [1.29, 1.82) is 0 Å². The van der Waals surface area contributed by atoms with Crippen LogP contribution in [0.4, 0.5) is 0 Å². The molecule has 0 saturated carbocycles. The van der Waals surface area contributed by atoms with Gasteiger partial charge in [-0.25, -0.2) is 0 Å². The highest BCUT2D eigenvalue weighted by Crippen LogP contribution is 2.34. The van der Waals surface area contributed by atoms with E-state index in [1.165, 1.54) is 0 Å². The Hall–Kier alpha value is -0.820. The van der Waals surface area contributed by atoms with Crippen molar-refractivity contribution >= 4 is 0 Å². The lowest BCUT2D eigenvalue weighted by molar-refractivity contribution is 0.350. The van der Waals surface area contributed by atoms with Gasteiger partial charge in [-0.15, -0.1) is 6.58 Å². The van der Waals surface area contributed by atoms with Crippen LogP contribution in [0.15, 0.2) is 37.0 Å². The van der Waals surface area contributed by atoms with Gasteiger partial charge in [0.05, 0.1) is 6.10 Å². The van der Waals surface area contributed by atoms with Crippen LogP contribution in [0.25, 0.3) is 0 Å². The van der Waals surface area contributed by atoms with E-state index in [1.807, 2.05) is 6.08 Å². The third-order valence-corrected chi connectivity index (χ3v) is 2.45. The fraction of sp³-hybridized carbons (Fsp3) is 0.455. The van der Waals surface area contributed by atoms with Gasteiger partial charge in [0.1, 0.15) is 6.10 Å². The van der Waals surface area contributed by atoms with Gasteiger partial charge >= 0.3 is 0 Å². The van der Waals surface area contributed by atoms with Crippen molar-refractivity contribution in [3.05, 3.63) is 37.0 Å².